The zero-order valence-corrected chi connectivity index (χ0v) is 15.2. The minimum atomic E-state index is -1.56. The molecule has 27 heavy (non-hydrogen) atoms. The topological polar surface area (TPSA) is 156 Å². The zero-order chi connectivity index (χ0) is 19.9. The van der Waals surface area contributed by atoms with Gasteiger partial charge in [-0.05, 0) is 12.7 Å². The van der Waals surface area contributed by atoms with Crippen molar-refractivity contribution < 1.29 is 19.9 Å². The lowest BCUT2D eigenvalue weighted by Gasteiger charge is -2.39. The minimum Gasteiger partial charge on any atom is -0.480 e. The van der Waals surface area contributed by atoms with Gasteiger partial charge in [-0.3, -0.25) is 14.4 Å². The fraction of sp³-hybridized carbons (Fsp3) is 0.688. The molecule has 1 aromatic carbocycles. The Hall–Kier alpha value is -1.95. The molecule has 11 heteroatoms. The number of nitrogens with zero attached hydrogens (tertiary/aromatic N) is 2. The van der Waals surface area contributed by atoms with Gasteiger partial charge in [0.05, 0.1) is 6.04 Å². The Bertz CT molecular complexity index is 790. The average Bonchev–Trinajstić information content (AvgIpc) is 2.87. The maximum Gasteiger partial charge on any atom is 0.451 e. The molecular weight excluding hydrogens is 355 g/mol. The highest BCUT2D eigenvalue weighted by molar-refractivity contribution is 6.40. The van der Waals surface area contributed by atoms with Crippen LogP contribution < -0.4 is 31.7 Å². The summed E-state index contributed by atoms with van der Waals surface area (Å²) in [6.45, 7) is 1.61. The number of hydrogen-bond donors (Lipinski definition) is 5. The lowest BCUT2D eigenvalue weighted by atomic mass is 9.78. The van der Waals surface area contributed by atoms with E-state index in [4.69, 9.17) is 15.8 Å². The Labute approximate surface area is 156 Å². The standard InChI is InChI=1S/C16H25BN4O6/c1-20(10-5-19-6-10)11-12(14(23)13(11)22)21-7-9(3-2-4-17(26)27)16(18,8-21)15(24)25/h9-10,19,26-27H,2-8,18H2,1H3,(H,24,25)/t9-,16-/m0/s1. The summed E-state index contributed by atoms with van der Waals surface area (Å²) in [6, 6.07) is 0.124. The number of aliphatic carboxylic acids is 1. The van der Waals surface area contributed by atoms with Crippen LogP contribution in [0.15, 0.2) is 9.59 Å². The minimum absolute atomic E-state index is 0.0662. The molecule has 2 aliphatic heterocycles. The van der Waals surface area contributed by atoms with E-state index in [1.54, 1.807) is 16.8 Å². The second-order valence-electron chi connectivity index (χ2n) is 7.61. The van der Waals surface area contributed by atoms with Gasteiger partial charge in [-0.2, -0.15) is 0 Å². The van der Waals surface area contributed by atoms with Crippen LogP contribution in [0.5, 0.6) is 0 Å². The first kappa shape index (κ1) is 19.8. The SMILES string of the molecule is CN(c1c(N2C[C@H](CCCB(O)O)[C@](N)(C(=O)O)C2)c(=O)c1=O)C1CNC1. The van der Waals surface area contributed by atoms with Crippen molar-refractivity contribution in [3.63, 3.8) is 0 Å². The van der Waals surface area contributed by atoms with E-state index < -0.39 is 35.4 Å². The maximum atomic E-state index is 12.2. The number of carboxylic acid groups (broad SMARTS) is 1. The molecule has 0 spiro atoms. The predicted molar refractivity (Wildman–Crippen MR) is 101 cm³/mol. The second kappa shape index (κ2) is 7.23. The third kappa shape index (κ3) is 3.36. The molecule has 0 aliphatic carbocycles. The highest BCUT2D eigenvalue weighted by atomic mass is 16.4. The molecule has 2 saturated heterocycles. The van der Waals surface area contributed by atoms with Gasteiger partial charge in [0.15, 0.2) is 0 Å². The highest BCUT2D eigenvalue weighted by Crippen LogP contribution is 2.36. The van der Waals surface area contributed by atoms with Gasteiger partial charge < -0.3 is 36.0 Å². The molecule has 2 heterocycles. The van der Waals surface area contributed by atoms with E-state index >= 15 is 0 Å². The Morgan fingerprint density at radius 3 is 2.56 bits per heavy atom. The molecule has 0 amide bonds. The van der Waals surface area contributed by atoms with Crippen LogP contribution >= 0.6 is 0 Å². The smallest absolute Gasteiger partial charge is 0.451 e. The number of likely N-dealkylation sites (N-methyl/N-ethyl adjacent to an activating group) is 1. The molecule has 0 unspecified atom stereocenters. The van der Waals surface area contributed by atoms with E-state index in [2.05, 4.69) is 5.32 Å². The quantitative estimate of drug-likeness (QED) is 0.235. The van der Waals surface area contributed by atoms with Gasteiger partial charge >= 0.3 is 13.1 Å². The Balaban J connectivity index is 1.82. The summed E-state index contributed by atoms with van der Waals surface area (Å²) >= 11 is 0. The van der Waals surface area contributed by atoms with E-state index in [1.165, 1.54) is 0 Å². The van der Waals surface area contributed by atoms with E-state index in [0.717, 1.165) is 13.1 Å². The van der Waals surface area contributed by atoms with Crippen LogP contribution in [0.3, 0.4) is 0 Å². The van der Waals surface area contributed by atoms with Crippen molar-refractivity contribution in [2.24, 2.45) is 11.7 Å². The van der Waals surface area contributed by atoms with Crippen LogP contribution in [-0.2, 0) is 4.79 Å². The fourth-order valence-electron chi connectivity index (χ4n) is 3.96. The molecule has 2 atom stereocenters. The Morgan fingerprint density at radius 1 is 1.37 bits per heavy atom. The van der Waals surface area contributed by atoms with Crippen molar-refractivity contribution in [2.45, 2.75) is 30.7 Å². The molecule has 10 nitrogen and oxygen atoms in total. The van der Waals surface area contributed by atoms with Crippen molar-refractivity contribution >= 4 is 24.5 Å². The third-order valence-corrected chi connectivity index (χ3v) is 5.87. The summed E-state index contributed by atoms with van der Waals surface area (Å²) in [6.07, 6.45) is 0.897. The Kier molecular flexibility index (Phi) is 5.30. The summed E-state index contributed by atoms with van der Waals surface area (Å²) in [7, 11) is 0.304. The van der Waals surface area contributed by atoms with Gasteiger partial charge in [-0.25, -0.2) is 0 Å². The van der Waals surface area contributed by atoms with Crippen molar-refractivity contribution in [3.05, 3.63) is 20.4 Å². The molecule has 1 aromatic rings. The van der Waals surface area contributed by atoms with E-state index in [9.17, 15) is 19.5 Å². The number of carboxylic acids is 1. The van der Waals surface area contributed by atoms with Crippen molar-refractivity contribution in [1.82, 2.24) is 5.32 Å². The molecule has 0 saturated carbocycles. The number of nitrogens with two attached hydrogens (primary N) is 1. The molecule has 2 aliphatic rings. The average molecular weight is 380 g/mol. The summed E-state index contributed by atoms with van der Waals surface area (Å²) in [5, 5.41) is 30.7. The third-order valence-electron chi connectivity index (χ3n) is 5.87. The molecule has 0 bridgehead atoms. The van der Waals surface area contributed by atoms with Gasteiger partial charge in [0.1, 0.15) is 16.9 Å². The van der Waals surface area contributed by atoms with Crippen molar-refractivity contribution in [1.29, 1.82) is 0 Å². The first-order valence-corrected chi connectivity index (χ1v) is 9.07. The maximum absolute atomic E-state index is 12.2. The molecule has 6 N–H and O–H groups in total. The van der Waals surface area contributed by atoms with E-state index in [-0.39, 0.29) is 31.1 Å². The first-order valence-electron chi connectivity index (χ1n) is 9.07. The number of nitrogens with one attached hydrogen (secondary N) is 1. The number of hydrogen-bond acceptors (Lipinski definition) is 9. The molecular formula is C16H25BN4O6. The highest BCUT2D eigenvalue weighted by Gasteiger charge is 2.51. The lowest BCUT2D eigenvalue weighted by molar-refractivity contribution is -0.144. The van der Waals surface area contributed by atoms with Crippen molar-refractivity contribution in [3.8, 4) is 0 Å². The van der Waals surface area contributed by atoms with E-state index in [1.807, 2.05) is 0 Å². The predicted octanol–water partition coefficient (Wildman–Crippen LogP) is -2.84. The van der Waals surface area contributed by atoms with Gasteiger partial charge in [-0.1, -0.05) is 6.42 Å². The first-order chi connectivity index (χ1) is 12.7. The van der Waals surface area contributed by atoms with Crippen LogP contribution in [0.25, 0.3) is 0 Å². The molecule has 3 rings (SSSR count). The number of carbonyl (C=O) groups is 1. The van der Waals surface area contributed by atoms with Gasteiger partial charge in [0.2, 0.25) is 0 Å². The largest absolute Gasteiger partial charge is 0.480 e. The van der Waals surface area contributed by atoms with Gasteiger partial charge in [0.25, 0.3) is 10.9 Å². The zero-order valence-electron chi connectivity index (χ0n) is 15.2. The van der Waals surface area contributed by atoms with Crippen LogP contribution in [0.1, 0.15) is 12.8 Å². The summed E-state index contributed by atoms with van der Waals surface area (Å²) in [5.74, 6) is -1.64. The van der Waals surface area contributed by atoms with E-state index in [0.29, 0.717) is 18.5 Å². The summed E-state index contributed by atoms with van der Waals surface area (Å²) in [4.78, 5) is 39.6. The van der Waals surface area contributed by atoms with Gasteiger partial charge in [0, 0.05) is 39.1 Å². The molecule has 2 fully saturated rings. The summed E-state index contributed by atoms with van der Waals surface area (Å²) < 4.78 is 0. The monoisotopic (exact) mass is 380 g/mol. The normalized spacial score (nSPS) is 25.6. The van der Waals surface area contributed by atoms with Crippen LogP contribution in [0.4, 0.5) is 11.4 Å². The fourth-order valence-corrected chi connectivity index (χ4v) is 3.96. The van der Waals surface area contributed by atoms with Crippen molar-refractivity contribution in [2.75, 3.05) is 43.0 Å². The van der Waals surface area contributed by atoms with Gasteiger partial charge in [-0.15, -0.1) is 0 Å². The molecule has 0 radical (unpaired) electrons. The second-order valence-corrected chi connectivity index (χ2v) is 7.61. The van der Waals surface area contributed by atoms with Crippen LogP contribution in [0.2, 0.25) is 6.32 Å². The molecule has 0 aromatic heterocycles. The number of anilines is 2. The van der Waals surface area contributed by atoms with Crippen LogP contribution in [-0.4, -0.2) is 73.0 Å². The molecule has 148 valence electrons. The lowest BCUT2D eigenvalue weighted by Crippen LogP contribution is -2.59. The van der Waals surface area contributed by atoms with Crippen LogP contribution in [0, 0.1) is 5.92 Å². The number of rotatable bonds is 8. The Morgan fingerprint density at radius 2 is 2.04 bits per heavy atom. The summed E-state index contributed by atoms with van der Waals surface area (Å²) in [5.41, 5.74) is 4.01.